The van der Waals surface area contributed by atoms with Gasteiger partial charge in [-0.1, -0.05) is 0 Å². The number of rotatable bonds is 4. The normalized spacial score (nSPS) is 25.2. The Kier molecular flexibility index (Phi) is 4.73. The van der Waals surface area contributed by atoms with Crippen molar-refractivity contribution in [2.75, 3.05) is 13.4 Å². The van der Waals surface area contributed by atoms with Gasteiger partial charge in [0, 0.05) is 12.0 Å². The SMILES string of the molecule is C[C@]12C[C@@H](COc3ccc4c(c3)OCO4)[C@](C)(O1)c1c2c(O)n(-c2ccc(C#N)c(C(F)(F)F)c2)c1O. The topological polar surface area (TPSA) is 106 Å². The molecule has 3 aliphatic heterocycles. The van der Waals surface area contributed by atoms with Crippen LogP contribution in [-0.2, 0) is 22.1 Å². The van der Waals surface area contributed by atoms with Gasteiger partial charge < -0.3 is 29.2 Å². The zero-order valence-corrected chi connectivity index (χ0v) is 19.7. The molecule has 0 aliphatic carbocycles. The van der Waals surface area contributed by atoms with Crippen molar-refractivity contribution in [1.82, 2.24) is 4.57 Å². The molecule has 8 nitrogen and oxygen atoms in total. The Morgan fingerprint density at radius 1 is 1.08 bits per heavy atom. The summed E-state index contributed by atoms with van der Waals surface area (Å²) in [6.45, 7) is 3.88. The number of ether oxygens (including phenoxy) is 4. The Hall–Kier alpha value is -4.04. The standard InChI is InChI=1S/C26H21F3N2O6/c1-24-9-14(11-34-16-5-6-18-19(8-16)36-12-35-18)25(2,37-24)21-20(24)22(32)31(23(21)33)15-4-3-13(10-30)17(7-15)26(27,28)29/h3-8,14,32-33H,9,11-12H2,1-2H3/t14-,24+,25-/m0/s1. The number of hydrogen-bond acceptors (Lipinski definition) is 7. The predicted octanol–water partition coefficient (Wildman–Crippen LogP) is 5.07. The van der Waals surface area contributed by atoms with Crippen LogP contribution in [0.15, 0.2) is 36.4 Å². The van der Waals surface area contributed by atoms with Crippen LogP contribution in [0.3, 0.4) is 0 Å². The number of benzene rings is 2. The molecular weight excluding hydrogens is 493 g/mol. The first-order valence-corrected chi connectivity index (χ1v) is 11.5. The first-order valence-electron chi connectivity index (χ1n) is 11.5. The van der Waals surface area contributed by atoms with Gasteiger partial charge in [0.25, 0.3) is 0 Å². The molecule has 2 bridgehead atoms. The third-order valence-electron chi connectivity index (χ3n) is 7.48. The van der Waals surface area contributed by atoms with Crippen LogP contribution >= 0.6 is 0 Å². The van der Waals surface area contributed by atoms with Gasteiger partial charge in [0.2, 0.25) is 18.6 Å². The van der Waals surface area contributed by atoms with Crippen molar-refractivity contribution in [3.05, 3.63) is 58.7 Å². The summed E-state index contributed by atoms with van der Waals surface area (Å²) in [4.78, 5) is 0. The number of nitriles is 1. The van der Waals surface area contributed by atoms with Gasteiger partial charge in [-0.05, 0) is 50.6 Å². The van der Waals surface area contributed by atoms with Crippen molar-refractivity contribution >= 4 is 0 Å². The van der Waals surface area contributed by atoms with E-state index in [1.165, 1.54) is 12.1 Å². The van der Waals surface area contributed by atoms with E-state index in [9.17, 15) is 23.4 Å². The van der Waals surface area contributed by atoms with Crippen LogP contribution in [0.2, 0.25) is 0 Å². The largest absolute Gasteiger partial charge is 0.494 e. The molecule has 1 saturated heterocycles. The molecule has 3 aromatic rings. The zero-order chi connectivity index (χ0) is 26.3. The number of fused-ring (bicyclic) bond motifs is 6. The number of halogens is 3. The summed E-state index contributed by atoms with van der Waals surface area (Å²) < 4.78 is 64.7. The van der Waals surface area contributed by atoms with Gasteiger partial charge >= 0.3 is 6.18 Å². The van der Waals surface area contributed by atoms with E-state index in [1.54, 1.807) is 32.0 Å². The third kappa shape index (κ3) is 3.25. The average molecular weight is 514 g/mol. The maximum absolute atomic E-state index is 13.6. The fraction of sp³-hybridized carbons (Fsp3) is 0.346. The van der Waals surface area contributed by atoms with E-state index in [1.807, 2.05) is 0 Å². The summed E-state index contributed by atoms with van der Waals surface area (Å²) in [5.41, 5.74) is -3.30. The monoisotopic (exact) mass is 514 g/mol. The molecule has 2 aromatic carbocycles. The first-order chi connectivity index (χ1) is 17.5. The van der Waals surface area contributed by atoms with E-state index in [0.717, 1.165) is 16.7 Å². The van der Waals surface area contributed by atoms with Crippen molar-refractivity contribution in [2.24, 2.45) is 5.92 Å². The Balaban J connectivity index is 1.36. The lowest BCUT2D eigenvalue weighted by Gasteiger charge is -2.29. The fourth-order valence-electron chi connectivity index (χ4n) is 5.81. The molecule has 2 N–H and O–H groups in total. The Morgan fingerprint density at radius 2 is 1.81 bits per heavy atom. The number of aromatic nitrogens is 1. The van der Waals surface area contributed by atoms with Gasteiger partial charge in [-0.2, -0.15) is 18.4 Å². The van der Waals surface area contributed by atoms with Gasteiger partial charge in [-0.25, -0.2) is 0 Å². The summed E-state index contributed by atoms with van der Waals surface area (Å²) >= 11 is 0. The van der Waals surface area contributed by atoms with Crippen LogP contribution in [0.5, 0.6) is 29.0 Å². The number of hydrogen-bond donors (Lipinski definition) is 2. The first kappa shape index (κ1) is 23.4. The molecule has 0 spiro atoms. The molecule has 1 fully saturated rings. The van der Waals surface area contributed by atoms with E-state index in [-0.39, 0.29) is 25.0 Å². The van der Waals surface area contributed by atoms with Gasteiger partial charge in [0.1, 0.15) is 11.4 Å². The van der Waals surface area contributed by atoms with Crippen LogP contribution in [0.4, 0.5) is 13.2 Å². The van der Waals surface area contributed by atoms with Crippen molar-refractivity contribution in [3.63, 3.8) is 0 Å². The molecule has 3 atom stereocenters. The smallest absolute Gasteiger partial charge is 0.417 e. The molecule has 0 amide bonds. The van der Waals surface area contributed by atoms with Crippen molar-refractivity contribution < 1.29 is 42.3 Å². The van der Waals surface area contributed by atoms with Gasteiger partial charge in [-0.15, -0.1) is 0 Å². The van der Waals surface area contributed by atoms with Gasteiger partial charge in [0.15, 0.2) is 11.5 Å². The summed E-state index contributed by atoms with van der Waals surface area (Å²) in [7, 11) is 0. The molecule has 0 saturated carbocycles. The molecule has 0 unspecified atom stereocenters. The van der Waals surface area contributed by atoms with Crippen LogP contribution in [0.25, 0.3) is 5.69 Å². The summed E-state index contributed by atoms with van der Waals surface area (Å²) in [6, 6.07) is 9.73. The van der Waals surface area contributed by atoms with E-state index in [2.05, 4.69) is 0 Å². The maximum atomic E-state index is 13.6. The molecule has 192 valence electrons. The molecule has 3 aliphatic rings. The quantitative estimate of drug-likeness (QED) is 0.501. The van der Waals surface area contributed by atoms with E-state index >= 15 is 0 Å². The average Bonchev–Trinajstić information content (AvgIpc) is 3.54. The van der Waals surface area contributed by atoms with E-state index in [4.69, 9.17) is 24.2 Å². The highest BCUT2D eigenvalue weighted by Crippen LogP contribution is 2.66. The second-order valence-corrected chi connectivity index (χ2v) is 9.74. The second-order valence-electron chi connectivity index (χ2n) is 9.74. The Morgan fingerprint density at radius 3 is 2.54 bits per heavy atom. The van der Waals surface area contributed by atoms with Gasteiger partial charge in [-0.3, -0.25) is 4.57 Å². The minimum absolute atomic E-state index is 0.129. The van der Waals surface area contributed by atoms with Gasteiger partial charge in [0.05, 0.1) is 46.2 Å². The molecule has 1 aromatic heterocycles. The number of alkyl halides is 3. The highest BCUT2D eigenvalue weighted by Gasteiger charge is 2.64. The molecule has 0 radical (unpaired) electrons. The Bertz CT molecular complexity index is 1490. The zero-order valence-electron chi connectivity index (χ0n) is 19.7. The molecule has 37 heavy (non-hydrogen) atoms. The summed E-state index contributed by atoms with van der Waals surface area (Å²) in [5, 5.41) is 31.4. The maximum Gasteiger partial charge on any atom is 0.417 e. The van der Waals surface area contributed by atoms with Crippen LogP contribution < -0.4 is 14.2 Å². The fourth-order valence-corrected chi connectivity index (χ4v) is 5.81. The van der Waals surface area contributed by atoms with Crippen molar-refractivity contribution in [1.29, 1.82) is 5.26 Å². The summed E-state index contributed by atoms with van der Waals surface area (Å²) in [6.07, 6.45) is -4.35. The van der Waals surface area contributed by atoms with E-state index < -0.39 is 40.3 Å². The van der Waals surface area contributed by atoms with Crippen molar-refractivity contribution in [2.45, 2.75) is 37.6 Å². The molecule has 4 heterocycles. The molecular formula is C26H21F3N2O6. The third-order valence-corrected chi connectivity index (χ3v) is 7.48. The summed E-state index contributed by atoms with van der Waals surface area (Å²) in [5.74, 6) is 0.669. The number of aromatic hydroxyl groups is 2. The van der Waals surface area contributed by atoms with Crippen molar-refractivity contribution in [3.8, 4) is 40.8 Å². The van der Waals surface area contributed by atoms with Crippen LogP contribution in [0, 0.1) is 17.2 Å². The highest BCUT2D eigenvalue weighted by atomic mass is 19.4. The number of nitrogens with zero attached hydrogens (tertiary/aromatic N) is 2. The van der Waals surface area contributed by atoms with Crippen LogP contribution in [0.1, 0.15) is 42.5 Å². The predicted molar refractivity (Wildman–Crippen MR) is 121 cm³/mol. The minimum atomic E-state index is -4.79. The van der Waals surface area contributed by atoms with Crippen LogP contribution in [-0.4, -0.2) is 28.2 Å². The van der Waals surface area contributed by atoms with E-state index in [0.29, 0.717) is 34.8 Å². The minimum Gasteiger partial charge on any atom is -0.494 e. The molecule has 11 heteroatoms. The molecule has 6 rings (SSSR count). The highest BCUT2D eigenvalue weighted by molar-refractivity contribution is 5.62. The lowest BCUT2D eigenvalue weighted by molar-refractivity contribution is -0.137. The Labute approximate surface area is 209 Å². The lowest BCUT2D eigenvalue weighted by atomic mass is 9.73. The lowest BCUT2D eigenvalue weighted by Crippen LogP contribution is -2.32. The second kappa shape index (κ2) is 7.49.